The van der Waals surface area contributed by atoms with Crippen molar-refractivity contribution < 1.29 is 18.7 Å². The predicted molar refractivity (Wildman–Crippen MR) is 110 cm³/mol. The lowest BCUT2D eigenvalue weighted by atomic mass is 10.2. The molecule has 1 heterocycles. The standard InChI is InChI=1S/C21H22FN3O3S/c1-14(28-16-12-10-15(22)11-13-16)21(27)25-24-19(26)8-4-5-9-20-23-17-6-2-3-7-18(17)29-20/h2-3,6-7,10-14H,4-5,8-9H2,1H3,(H,24,26)(H,25,27)/t14-/m1/s1. The minimum Gasteiger partial charge on any atom is -0.481 e. The van der Waals surface area contributed by atoms with Gasteiger partial charge in [0.25, 0.3) is 5.91 Å². The second kappa shape index (κ2) is 9.97. The van der Waals surface area contributed by atoms with Gasteiger partial charge in [-0.3, -0.25) is 20.4 Å². The number of hydrogen-bond donors (Lipinski definition) is 2. The molecule has 0 aliphatic heterocycles. The van der Waals surface area contributed by atoms with Crippen LogP contribution in [0.5, 0.6) is 5.75 Å². The topological polar surface area (TPSA) is 80.3 Å². The molecule has 0 saturated carbocycles. The Balaban J connectivity index is 1.32. The normalized spacial score (nSPS) is 11.8. The van der Waals surface area contributed by atoms with E-state index in [0.29, 0.717) is 18.6 Å². The van der Waals surface area contributed by atoms with Crippen molar-refractivity contribution in [3.8, 4) is 5.75 Å². The molecule has 8 heteroatoms. The summed E-state index contributed by atoms with van der Waals surface area (Å²) in [6.45, 7) is 1.54. The molecule has 1 aromatic heterocycles. The highest BCUT2D eigenvalue weighted by molar-refractivity contribution is 7.18. The van der Waals surface area contributed by atoms with Gasteiger partial charge in [0, 0.05) is 6.42 Å². The zero-order valence-electron chi connectivity index (χ0n) is 16.0. The molecule has 0 spiro atoms. The van der Waals surface area contributed by atoms with Crippen molar-refractivity contribution in [1.29, 1.82) is 0 Å². The molecule has 0 bridgehead atoms. The van der Waals surface area contributed by atoms with Crippen molar-refractivity contribution in [2.75, 3.05) is 0 Å². The summed E-state index contributed by atoms with van der Waals surface area (Å²) in [4.78, 5) is 28.5. The van der Waals surface area contributed by atoms with Gasteiger partial charge in [0.05, 0.1) is 15.2 Å². The van der Waals surface area contributed by atoms with Crippen molar-refractivity contribution >= 4 is 33.4 Å². The third-order valence-corrected chi connectivity index (χ3v) is 5.30. The van der Waals surface area contributed by atoms with Crippen molar-refractivity contribution in [2.24, 2.45) is 0 Å². The van der Waals surface area contributed by atoms with Gasteiger partial charge in [-0.15, -0.1) is 11.3 Å². The molecule has 0 radical (unpaired) electrons. The lowest BCUT2D eigenvalue weighted by molar-refractivity contribution is -0.132. The van der Waals surface area contributed by atoms with Gasteiger partial charge < -0.3 is 4.74 Å². The van der Waals surface area contributed by atoms with Crippen LogP contribution in [0.15, 0.2) is 48.5 Å². The number of para-hydroxylation sites is 1. The first-order valence-corrected chi connectivity index (χ1v) is 10.2. The number of hydrogen-bond acceptors (Lipinski definition) is 5. The monoisotopic (exact) mass is 415 g/mol. The number of aromatic nitrogens is 1. The maximum absolute atomic E-state index is 12.9. The summed E-state index contributed by atoms with van der Waals surface area (Å²) in [6.07, 6.45) is 1.82. The molecular formula is C21H22FN3O3S. The predicted octanol–water partition coefficient (Wildman–Crippen LogP) is 3.76. The Bertz CT molecular complexity index is 942. The first-order valence-electron chi connectivity index (χ1n) is 9.36. The summed E-state index contributed by atoms with van der Waals surface area (Å²) in [7, 11) is 0. The van der Waals surface area contributed by atoms with Crippen LogP contribution < -0.4 is 15.6 Å². The van der Waals surface area contributed by atoms with E-state index >= 15 is 0 Å². The highest BCUT2D eigenvalue weighted by Crippen LogP contribution is 2.22. The molecule has 152 valence electrons. The van der Waals surface area contributed by atoms with Crippen molar-refractivity contribution in [1.82, 2.24) is 15.8 Å². The van der Waals surface area contributed by atoms with Gasteiger partial charge in [0.2, 0.25) is 5.91 Å². The maximum Gasteiger partial charge on any atom is 0.279 e. The Kier molecular flexibility index (Phi) is 7.13. The number of hydrazine groups is 1. The van der Waals surface area contributed by atoms with Crippen LogP contribution in [0, 0.1) is 5.82 Å². The van der Waals surface area contributed by atoms with Gasteiger partial charge in [0.1, 0.15) is 11.6 Å². The zero-order valence-corrected chi connectivity index (χ0v) is 16.8. The van der Waals surface area contributed by atoms with Gasteiger partial charge in [-0.1, -0.05) is 12.1 Å². The molecule has 6 nitrogen and oxygen atoms in total. The van der Waals surface area contributed by atoms with Gasteiger partial charge in [-0.05, 0) is 62.6 Å². The smallest absolute Gasteiger partial charge is 0.279 e. The third kappa shape index (κ3) is 6.25. The van der Waals surface area contributed by atoms with E-state index in [-0.39, 0.29) is 11.7 Å². The number of carbonyl (C=O) groups is 2. The molecule has 3 rings (SSSR count). The van der Waals surface area contributed by atoms with E-state index in [2.05, 4.69) is 15.8 Å². The molecule has 0 saturated heterocycles. The molecular weight excluding hydrogens is 393 g/mol. The molecule has 0 unspecified atom stereocenters. The molecule has 29 heavy (non-hydrogen) atoms. The van der Waals surface area contributed by atoms with Crippen LogP contribution in [-0.2, 0) is 16.0 Å². The molecule has 3 aromatic rings. The Morgan fingerprint density at radius 3 is 2.62 bits per heavy atom. The summed E-state index contributed by atoms with van der Waals surface area (Å²) < 4.78 is 19.4. The minimum absolute atomic E-state index is 0.267. The molecule has 0 aliphatic carbocycles. The summed E-state index contributed by atoms with van der Waals surface area (Å²) in [6, 6.07) is 13.4. The fraction of sp³-hybridized carbons (Fsp3) is 0.286. The van der Waals surface area contributed by atoms with Crippen molar-refractivity contribution in [3.63, 3.8) is 0 Å². The van der Waals surface area contributed by atoms with Crippen LogP contribution in [-0.4, -0.2) is 22.9 Å². The average Bonchev–Trinajstić information content (AvgIpc) is 3.14. The number of ether oxygens (including phenoxy) is 1. The van der Waals surface area contributed by atoms with Gasteiger partial charge >= 0.3 is 0 Å². The van der Waals surface area contributed by atoms with E-state index in [1.165, 1.54) is 29.0 Å². The number of carbonyl (C=O) groups excluding carboxylic acids is 2. The van der Waals surface area contributed by atoms with Gasteiger partial charge in [-0.25, -0.2) is 9.37 Å². The number of fused-ring (bicyclic) bond motifs is 1. The molecule has 2 N–H and O–H groups in total. The van der Waals surface area contributed by atoms with Crippen LogP contribution in [0.1, 0.15) is 31.2 Å². The number of nitrogens with one attached hydrogen (secondary N) is 2. The fourth-order valence-electron chi connectivity index (χ4n) is 2.65. The highest BCUT2D eigenvalue weighted by Gasteiger charge is 2.15. The van der Waals surface area contributed by atoms with Crippen LogP contribution in [0.2, 0.25) is 0 Å². The van der Waals surface area contributed by atoms with Crippen molar-refractivity contribution in [3.05, 3.63) is 59.4 Å². The van der Waals surface area contributed by atoms with Crippen LogP contribution in [0.3, 0.4) is 0 Å². The van der Waals surface area contributed by atoms with E-state index in [1.54, 1.807) is 18.3 Å². The van der Waals surface area contributed by atoms with Crippen LogP contribution >= 0.6 is 11.3 Å². The Morgan fingerprint density at radius 2 is 1.86 bits per heavy atom. The van der Waals surface area contributed by atoms with Gasteiger partial charge in [-0.2, -0.15) is 0 Å². The number of nitrogens with zero attached hydrogens (tertiary/aromatic N) is 1. The minimum atomic E-state index is -0.834. The molecule has 1 atom stereocenters. The molecule has 0 aliphatic rings. The fourth-order valence-corrected chi connectivity index (χ4v) is 3.66. The van der Waals surface area contributed by atoms with E-state index in [4.69, 9.17) is 4.74 Å². The second-order valence-corrected chi connectivity index (χ2v) is 7.65. The number of unbranched alkanes of at least 4 members (excludes halogenated alkanes) is 1. The van der Waals surface area contributed by atoms with Crippen LogP contribution in [0.4, 0.5) is 4.39 Å². The molecule has 0 fully saturated rings. The van der Waals surface area contributed by atoms with Gasteiger partial charge in [0.15, 0.2) is 6.10 Å². The summed E-state index contributed by atoms with van der Waals surface area (Å²) in [5.74, 6) is -0.770. The zero-order chi connectivity index (χ0) is 20.6. The van der Waals surface area contributed by atoms with E-state index in [1.807, 2.05) is 24.3 Å². The summed E-state index contributed by atoms with van der Waals surface area (Å²) in [5, 5.41) is 1.06. The number of halogens is 1. The number of benzene rings is 2. The van der Waals surface area contributed by atoms with E-state index in [0.717, 1.165) is 23.4 Å². The quantitative estimate of drug-likeness (QED) is 0.434. The molecule has 2 aromatic carbocycles. The van der Waals surface area contributed by atoms with Crippen molar-refractivity contribution in [2.45, 2.75) is 38.7 Å². The third-order valence-electron chi connectivity index (χ3n) is 4.20. The average molecular weight is 415 g/mol. The molecule has 2 amide bonds. The first-order chi connectivity index (χ1) is 14.0. The number of aryl methyl sites for hydroxylation is 1. The second-order valence-electron chi connectivity index (χ2n) is 6.53. The largest absolute Gasteiger partial charge is 0.481 e. The SMILES string of the molecule is C[C@@H](Oc1ccc(F)cc1)C(=O)NNC(=O)CCCCc1nc2ccccc2s1. The Labute approximate surface area is 172 Å². The maximum atomic E-state index is 12.9. The van der Waals surface area contributed by atoms with E-state index < -0.39 is 12.0 Å². The number of amides is 2. The number of thiazole rings is 1. The first kappa shape index (κ1) is 20.7. The lowest BCUT2D eigenvalue weighted by Crippen LogP contribution is -2.47. The van der Waals surface area contributed by atoms with E-state index in [9.17, 15) is 14.0 Å². The summed E-state index contributed by atoms with van der Waals surface area (Å²) in [5.41, 5.74) is 5.73. The van der Waals surface area contributed by atoms with Crippen LogP contribution in [0.25, 0.3) is 10.2 Å². The Hall–Kier alpha value is -3.00. The number of rotatable bonds is 8. The summed E-state index contributed by atoms with van der Waals surface area (Å²) >= 11 is 1.67. The highest BCUT2D eigenvalue weighted by atomic mass is 32.1. The lowest BCUT2D eigenvalue weighted by Gasteiger charge is -2.15. The Morgan fingerprint density at radius 1 is 1.10 bits per heavy atom.